The first kappa shape index (κ1) is 17.5. The quantitative estimate of drug-likeness (QED) is 0.658. The minimum atomic E-state index is 0.447. The van der Waals surface area contributed by atoms with Crippen LogP contribution < -0.4 is 0 Å². The van der Waals surface area contributed by atoms with Crippen molar-refractivity contribution in [3.63, 3.8) is 0 Å². The second kappa shape index (κ2) is 7.27. The van der Waals surface area contributed by atoms with Gasteiger partial charge in [0.15, 0.2) is 0 Å². The van der Waals surface area contributed by atoms with Crippen molar-refractivity contribution in [3.8, 4) is 0 Å². The minimum absolute atomic E-state index is 0.447. The maximum atomic E-state index is 5.58. The fourth-order valence-corrected chi connectivity index (χ4v) is 3.22. The Kier molecular flexibility index (Phi) is 5.08. The van der Waals surface area contributed by atoms with E-state index < -0.39 is 0 Å². The van der Waals surface area contributed by atoms with Crippen molar-refractivity contribution in [1.82, 2.24) is 24.4 Å². The molecule has 0 aliphatic rings. The van der Waals surface area contributed by atoms with Crippen LogP contribution in [0, 0.1) is 19.8 Å². The maximum Gasteiger partial charge on any atom is 0.139 e. The summed E-state index contributed by atoms with van der Waals surface area (Å²) in [7, 11) is 0. The summed E-state index contributed by atoms with van der Waals surface area (Å²) in [5.74, 6) is 1.57. The van der Waals surface area contributed by atoms with Crippen LogP contribution in [0.25, 0.3) is 0 Å². The first-order chi connectivity index (χ1) is 12.0. The zero-order chi connectivity index (χ0) is 18.0. The molecule has 3 rings (SSSR count). The Balaban J connectivity index is 1.88. The summed E-state index contributed by atoms with van der Waals surface area (Å²) >= 11 is 0. The van der Waals surface area contributed by atoms with Gasteiger partial charge in [-0.3, -0.25) is 9.58 Å². The zero-order valence-corrected chi connectivity index (χ0v) is 15.7. The number of aryl methyl sites for hydroxylation is 1. The molecule has 0 saturated carbocycles. The molecule has 0 bridgehead atoms. The molecule has 0 fully saturated rings. The zero-order valence-electron chi connectivity index (χ0n) is 15.7. The van der Waals surface area contributed by atoms with Crippen LogP contribution >= 0.6 is 0 Å². The van der Waals surface area contributed by atoms with Crippen molar-refractivity contribution in [2.45, 2.75) is 53.8 Å². The maximum absolute atomic E-state index is 5.58. The van der Waals surface area contributed by atoms with Crippen LogP contribution in [-0.2, 0) is 13.1 Å². The first-order valence-corrected chi connectivity index (χ1v) is 8.77. The summed E-state index contributed by atoms with van der Waals surface area (Å²) in [6, 6.07) is 6.69. The number of furan rings is 1. The number of hydrogen-bond donors (Lipinski definition) is 0. The van der Waals surface area contributed by atoms with Crippen LogP contribution in [0.1, 0.15) is 43.5 Å². The van der Waals surface area contributed by atoms with Gasteiger partial charge in [-0.2, -0.15) is 0 Å². The van der Waals surface area contributed by atoms with E-state index in [4.69, 9.17) is 4.42 Å². The van der Waals surface area contributed by atoms with Gasteiger partial charge in [0.05, 0.1) is 12.8 Å². The lowest BCUT2D eigenvalue weighted by atomic mass is 10.0. The van der Waals surface area contributed by atoms with Crippen LogP contribution in [0.15, 0.2) is 41.5 Å². The van der Waals surface area contributed by atoms with Gasteiger partial charge in [-0.25, -0.2) is 4.68 Å². The van der Waals surface area contributed by atoms with Crippen molar-refractivity contribution in [2.24, 2.45) is 5.92 Å². The van der Waals surface area contributed by atoms with Gasteiger partial charge in [0, 0.05) is 24.0 Å². The Morgan fingerprint density at radius 2 is 1.84 bits per heavy atom. The largest absolute Gasteiger partial charge is 0.468 e. The smallest absolute Gasteiger partial charge is 0.139 e. The summed E-state index contributed by atoms with van der Waals surface area (Å²) in [5, 5.41) is 7.84. The van der Waals surface area contributed by atoms with E-state index in [2.05, 4.69) is 60.5 Å². The Labute approximate surface area is 149 Å². The van der Waals surface area contributed by atoms with Gasteiger partial charge < -0.3 is 4.42 Å². The lowest BCUT2D eigenvalue weighted by Gasteiger charge is -2.31. The van der Waals surface area contributed by atoms with Crippen molar-refractivity contribution >= 4 is 0 Å². The predicted octanol–water partition coefficient (Wildman–Crippen LogP) is 3.65. The molecule has 6 nitrogen and oxygen atoms in total. The third-order valence-electron chi connectivity index (χ3n) is 4.99. The average molecular weight is 341 g/mol. The molecule has 0 unspecified atom stereocenters. The average Bonchev–Trinajstić information content (AvgIpc) is 3.29. The number of hydrogen-bond acceptors (Lipinski definition) is 4. The van der Waals surface area contributed by atoms with Gasteiger partial charge in [0.2, 0.25) is 0 Å². The van der Waals surface area contributed by atoms with Crippen LogP contribution in [0.3, 0.4) is 0 Å². The highest BCUT2D eigenvalue weighted by Crippen LogP contribution is 2.22. The molecule has 3 heterocycles. The number of aromatic nitrogens is 4. The van der Waals surface area contributed by atoms with Gasteiger partial charge in [-0.15, -0.1) is 10.2 Å². The second-order valence-corrected chi connectivity index (χ2v) is 7.02. The molecule has 6 heteroatoms. The molecule has 0 amide bonds. The van der Waals surface area contributed by atoms with Crippen LogP contribution in [0.5, 0.6) is 0 Å². The summed E-state index contributed by atoms with van der Waals surface area (Å²) < 4.78 is 9.64. The second-order valence-electron chi connectivity index (χ2n) is 7.02. The minimum Gasteiger partial charge on any atom is -0.468 e. The summed E-state index contributed by atoms with van der Waals surface area (Å²) in [6.07, 6.45) is 5.19. The van der Waals surface area contributed by atoms with Crippen molar-refractivity contribution in [2.75, 3.05) is 0 Å². The predicted molar refractivity (Wildman–Crippen MR) is 97.0 cm³/mol. The van der Waals surface area contributed by atoms with Crippen LogP contribution in [-0.4, -0.2) is 30.5 Å². The van der Waals surface area contributed by atoms with Crippen molar-refractivity contribution in [1.29, 1.82) is 0 Å². The lowest BCUT2D eigenvalue weighted by Crippen LogP contribution is -2.35. The molecule has 3 aromatic heterocycles. The Morgan fingerprint density at radius 3 is 2.44 bits per heavy atom. The molecular weight excluding hydrogens is 314 g/mol. The summed E-state index contributed by atoms with van der Waals surface area (Å²) in [6.45, 7) is 12.8. The van der Waals surface area contributed by atoms with E-state index in [0.29, 0.717) is 12.0 Å². The fraction of sp³-hybridized carbons (Fsp3) is 0.474. The molecule has 134 valence electrons. The number of nitrogens with zero attached hydrogens (tertiary/aromatic N) is 5. The van der Waals surface area contributed by atoms with Gasteiger partial charge in [0.1, 0.15) is 18.4 Å². The molecule has 0 N–H and O–H groups in total. The fourth-order valence-electron chi connectivity index (χ4n) is 3.22. The highest BCUT2D eigenvalue weighted by molar-refractivity contribution is 5.27. The molecule has 25 heavy (non-hydrogen) atoms. The number of rotatable bonds is 7. The third-order valence-corrected chi connectivity index (χ3v) is 4.99. The lowest BCUT2D eigenvalue weighted by molar-refractivity contribution is 0.140. The van der Waals surface area contributed by atoms with Crippen LogP contribution in [0.2, 0.25) is 0 Å². The van der Waals surface area contributed by atoms with Crippen molar-refractivity contribution in [3.05, 3.63) is 59.8 Å². The molecular formula is C19H27N5O. The molecule has 3 aromatic rings. The van der Waals surface area contributed by atoms with E-state index in [1.54, 1.807) is 18.9 Å². The Hall–Kier alpha value is -2.34. The molecule has 0 aliphatic heterocycles. The van der Waals surface area contributed by atoms with E-state index in [0.717, 1.165) is 18.8 Å². The van der Waals surface area contributed by atoms with E-state index >= 15 is 0 Å². The third kappa shape index (κ3) is 3.69. The van der Waals surface area contributed by atoms with Crippen molar-refractivity contribution < 1.29 is 4.42 Å². The molecule has 0 spiro atoms. The van der Waals surface area contributed by atoms with Gasteiger partial charge in [-0.1, -0.05) is 13.8 Å². The highest BCUT2D eigenvalue weighted by atomic mass is 16.3. The SMILES string of the molecule is Cc1cc(CN(Cc2ccco2)[C@H](C)C(C)C)c(C)n1-n1cnnc1. The normalized spacial score (nSPS) is 13.1. The molecule has 0 aromatic carbocycles. The van der Waals surface area contributed by atoms with Gasteiger partial charge in [-0.05, 0) is 50.5 Å². The van der Waals surface area contributed by atoms with E-state index in [-0.39, 0.29) is 0 Å². The Bertz CT molecular complexity index is 786. The standard InChI is InChI=1S/C19H27N5O/c1-14(2)16(4)22(11-19-7-6-8-25-19)10-18-9-15(3)24(17(18)5)23-12-20-21-13-23/h6-9,12-14,16H,10-11H2,1-5H3/t16-/m1/s1. The van der Waals surface area contributed by atoms with E-state index in [9.17, 15) is 0 Å². The highest BCUT2D eigenvalue weighted by Gasteiger charge is 2.21. The monoisotopic (exact) mass is 341 g/mol. The van der Waals surface area contributed by atoms with Gasteiger partial charge >= 0.3 is 0 Å². The van der Waals surface area contributed by atoms with Gasteiger partial charge in [0.25, 0.3) is 0 Å². The summed E-state index contributed by atoms with van der Waals surface area (Å²) in [5.41, 5.74) is 3.69. The van der Waals surface area contributed by atoms with Crippen LogP contribution in [0.4, 0.5) is 0 Å². The van der Waals surface area contributed by atoms with E-state index in [1.807, 2.05) is 16.8 Å². The topological polar surface area (TPSA) is 52.0 Å². The molecule has 0 radical (unpaired) electrons. The first-order valence-electron chi connectivity index (χ1n) is 8.77. The Morgan fingerprint density at radius 1 is 1.12 bits per heavy atom. The molecule has 1 atom stereocenters. The molecule has 0 saturated heterocycles. The van der Waals surface area contributed by atoms with E-state index in [1.165, 1.54) is 17.0 Å². The summed E-state index contributed by atoms with van der Waals surface area (Å²) in [4.78, 5) is 2.47. The molecule has 0 aliphatic carbocycles.